The van der Waals surface area contributed by atoms with Crippen LogP contribution in [-0.4, -0.2) is 34.9 Å². The quantitative estimate of drug-likeness (QED) is 0.834. The third-order valence-corrected chi connectivity index (χ3v) is 5.11. The molecule has 0 bridgehead atoms. The monoisotopic (exact) mass is 377 g/mol. The molecule has 6 heteroatoms. The number of nitrogens with zero attached hydrogens (tertiary/aromatic N) is 3. The van der Waals surface area contributed by atoms with Crippen LogP contribution in [0.5, 0.6) is 0 Å². The molecule has 1 fully saturated rings. The summed E-state index contributed by atoms with van der Waals surface area (Å²) < 4.78 is 0. The number of nitriles is 1. The minimum absolute atomic E-state index is 0.0537. The van der Waals surface area contributed by atoms with E-state index >= 15 is 0 Å². The number of amides is 1. The molecule has 1 aliphatic rings. The van der Waals surface area contributed by atoms with Gasteiger partial charge in [0.2, 0.25) is 0 Å². The van der Waals surface area contributed by atoms with Gasteiger partial charge in [-0.25, -0.2) is 0 Å². The van der Waals surface area contributed by atoms with Gasteiger partial charge in [-0.1, -0.05) is 6.07 Å². The Kier molecular flexibility index (Phi) is 6.27. The summed E-state index contributed by atoms with van der Waals surface area (Å²) in [5, 5.41) is 12.3. The fourth-order valence-electron chi connectivity index (χ4n) is 3.60. The molecule has 28 heavy (non-hydrogen) atoms. The van der Waals surface area contributed by atoms with Crippen LogP contribution in [0.25, 0.3) is 0 Å². The first-order valence-electron chi connectivity index (χ1n) is 9.76. The molecule has 3 rings (SSSR count). The van der Waals surface area contributed by atoms with Crippen LogP contribution in [0.3, 0.4) is 0 Å². The first-order chi connectivity index (χ1) is 13.5. The molecule has 1 aliphatic heterocycles. The standard InChI is InChI=1S/C22H27N5O/c1-15(2)26-21-11-16(12-23)3-5-19(21)22(28)27-9-7-18(8-10-27)20-6-4-17(13-24)14-25-20/h3-6,11,14-15,18,26H,7-10,12,23H2,1-2H3. The maximum Gasteiger partial charge on any atom is 0.255 e. The van der Waals surface area contributed by atoms with Gasteiger partial charge in [0.05, 0.1) is 11.1 Å². The average Bonchev–Trinajstić information content (AvgIpc) is 2.73. The zero-order valence-corrected chi connectivity index (χ0v) is 16.5. The number of likely N-dealkylation sites (tertiary alicyclic amines) is 1. The lowest BCUT2D eigenvalue weighted by Gasteiger charge is -2.32. The summed E-state index contributed by atoms with van der Waals surface area (Å²) in [5.74, 6) is 0.377. The van der Waals surface area contributed by atoms with Crippen molar-refractivity contribution in [2.24, 2.45) is 5.73 Å². The van der Waals surface area contributed by atoms with Gasteiger partial charge in [0.25, 0.3) is 5.91 Å². The lowest BCUT2D eigenvalue weighted by Crippen LogP contribution is -2.38. The van der Waals surface area contributed by atoms with E-state index in [1.165, 1.54) is 0 Å². The van der Waals surface area contributed by atoms with Gasteiger partial charge >= 0.3 is 0 Å². The topological polar surface area (TPSA) is 95.0 Å². The Labute approximate surface area is 166 Å². The third kappa shape index (κ3) is 4.49. The van der Waals surface area contributed by atoms with Crippen LogP contribution in [0.2, 0.25) is 0 Å². The van der Waals surface area contributed by atoms with Gasteiger partial charge in [-0.2, -0.15) is 5.26 Å². The molecule has 0 unspecified atom stereocenters. The summed E-state index contributed by atoms with van der Waals surface area (Å²) in [7, 11) is 0. The molecule has 1 saturated heterocycles. The van der Waals surface area contributed by atoms with Crippen molar-refractivity contribution in [1.82, 2.24) is 9.88 Å². The molecule has 0 spiro atoms. The number of hydrogen-bond acceptors (Lipinski definition) is 5. The summed E-state index contributed by atoms with van der Waals surface area (Å²) >= 11 is 0. The van der Waals surface area contributed by atoms with Crippen molar-refractivity contribution in [2.45, 2.75) is 45.2 Å². The second kappa shape index (κ2) is 8.85. The number of carbonyl (C=O) groups is 1. The number of pyridine rings is 1. The third-order valence-electron chi connectivity index (χ3n) is 5.11. The Hall–Kier alpha value is -2.91. The summed E-state index contributed by atoms with van der Waals surface area (Å²) in [6, 6.07) is 11.8. The second-order valence-electron chi connectivity index (χ2n) is 7.53. The lowest BCUT2D eigenvalue weighted by molar-refractivity contribution is 0.0713. The first kappa shape index (κ1) is 19.8. The van der Waals surface area contributed by atoms with Crippen molar-refractivity contribution in [2.75, 3.05) is 18.4 Å². The number of benzene rings is 1. The molecule has 1 aromatic heterocycles. The van der Waals surface area contributed by atoms with Gasteiger partial charge in [-0.3, -0.25) is 9.78 Å². The Bertz CT molecular complexity index is 861. The van der Waals surface area contributed by atoms with Crippen LogP contribution >= 0.6 is 0 Å². The van der Waals surface area contributed by atoms with E-state index in [0.29, 0.717) is 36.7 Å². The van der Waals surface area contributed by atoms with Gasteiger partial charge in [0.1, 0.15) is 6.07 Å². The Balaban J connectivity index is 1.70. The van der Waals surface area contributed by atoms with E-state index in [1.807, 2.05) is 35.2 Å². The normalized spacial score (nSPS) is 14.8. The molecule has 2 heterocycles. The largest absolute Gasteiger partial charge is 0.382 e. The van der Waals surface area contributed by atoms with Gasteiger partial charge in [-0.15, -0.1) is 0 Å². The van der Waals surface area contributed by atoms with Gasteiger partial charge < -0.3 is 16.0 Å². The number of rotatable bonds is 5. The highest BCUT2D eigenvalue weighted by Crippen LogP contribution is 2.29. The SMILES string of the molecule is CC(C)Nc1cc(CN)ccc1C(=O)N1CCC(c2ccc(C#N)cn2)CC1. The number of aromatic nitrogens is 1. The molecule has 0 saturated carbocycles. The van der Waals surface area contributed by atoms with Crippen LogP contribution in [0.15, 0.2) is 36.5 Å². The molecule has 0 atom stereocenters. The highest BCUT2D eigenvalue weighted by atomic mass is 16.2. The minimum Gasteiger partial charge on any atom is -0.382 e. The molecule has 1 amide bonds. The van der Waals surface area contributed by atoms with Crippen LogP contribution in [-0.2, 0) is 6.54 Å². The molecule has 6 nitrogen and oxygen atoms in total. The molecule has 146 valence electrons. The predicted octanol–water partition coefficient (Wildman–Crippen LogP) is 3.25. The maximum atomic E-state index is 13.1. The van der Waals surface area contributed by atoms with Crippen LogP contribution < -0.4 is 11.1 Å². The summed E-state index contributed by atoms with van der Waals surface area (Å²) in [5.41, 5.74) is 9.88. The number of nitrogens with two attached hydrogens (primary N) is 1. The predicted molar refractivity (Wildman–Crippen MR) is 110 cm³/mol. The van der Waals surface area contributed by atoms with E-state index in [-0.39, 0.29) is 11.9 Å². The highest BCUT2D eigenvalue weighted by Gasteiger charge is 2.26. The molecule has 2 aromatic rings. The first-order valence-corrected chi connectivity index (χ1v) is 9.76. The number of piperidine rings is 1. The van der Waals surface area contributed by atoms with Crippen LogP contribution in [0.4, 0.5) is 5.69 Å². The number of anilines is 1. The highest BCUT2D eigenvalue weighted by molar-refractivity contribution is 5.99. The maximum absolute atomic E-state index is 13.1. The van der Waals surface area contributed by atoms with Gasteiger partial charge in [-0.05, 0) is 56.5 Å². The Morgan fingerprint density at radius 3 is 2.64 bits per heavy atom. The Morgan fingerprint density at radius 2 is 2.07 bits per heavy atom. The van der Waals surface area contributed by atoms with Crippen LogP contribution in [0, 0.1) is 11.3 Å². The van der Waals surface area contributed by atoms with Crippen molar-refractivity contribution in [3.8, 4) is 6.07 Å². The van der Waals surface area contributed by atoms with Gasteiger partial charge in [0.15, 0.2) is 0 Å². The number of nitrogens with one attached hydrogen (secondary N) is 1. The van der Waals surface area contributed by atoms with E-state index in [2.05, 4.69) is 30.2 Å². The molecule has 0 radical (unpaired) electrons. The summed E-state index contributed by atoms with van der Waals surface area (Å²) in [4.78, 5) is 19.5. The zero-order chi connectivity index (χ0) is 20.1. The molecular weight excluding hydrogens is 350 g/mol. The summed E-state index contributed by atoms with van der Waals surface area (Å²) in [6.07, 6.45) is 3.37. The van der Waals surface area contributed by atoms with E-state index in [0.717, 1.165) is 29.8 Å². The van der Waals surface area contributed by atoms with Crippen molar-refractivity contribution in [3.05, 3.63) is 58.9 Å². The molecule has 3 N–H and O–H groups in total. The van der Waals surface area contributed by atoms with Crippen molar-refractivity contribution < 1.29 is 4.79 Å². The zero-order valence-electron chi connectivity index (χ0n) is 16.5. The van der Waals surface area contributed by atoms with E-state index in [4.69, 9.17) is 11.0 Å². The lowest BCUT2D eigenvalue weighted by atomic mass is 9.92. The van der Waals surface area contributed by atoms with E-state index in [1.54, 1.807) is 6.20 Å². The van der Waals surface area contributed by atoms with E-state index in [9.17, 15) is 4.79 Å². The smallest absolute Gasteiger partial charge is 0.255 e. The van der Waals surface area contributed by atoms with Crippen LogP contribution in [0.1, 0.15) is 59.8 Å². The minimum atomic E-state index is 0.0537. The fourth-order valence-corrected chi connectivity index (χ4v) is 3.60. The Morgan fingerprint density at radius 1 is 1.32 bits per heavy atom. The molecule has 0 aliphatic carbocycles. The van der Waals surface area contributed by atoms with Gasteiger partial charge in [0, 0.05) is 49.2 Å². The molecular formula is C22H27N5O. The second-order valence-corrected chi connectivity index (χ2v) is 7.53. The average molecular weight is 377 g/mol. The summed E-state index contributed by atoms with van der Waals surface area (Å²) in [6.45, 7) is 5.96. The van der Waals surface area contributed by atoms with Crippen molar-refractivity contribution >= 4 is 11.6 Å². The van der Waals surface area contributed by atoms with Crippen molar-refractivity contribution in [1.29, 1.82) is 5.26 Å². The fraction of sp³-hybridized carbons (Fsp3) is 0.409. The van der Waals surface area contributed by atoms with Crippen molar-refractivity contribution in [3.63, 3.8) is 0 Å². The number of carbonyl (C=O) groups excluding carboxylic acids is 1. The molecule has 1 aromatic carbocycles. The van der Waals surface area contributed by atoms with E-state index < -0.39 is 0 Å². The number of hydrogen-bond donors (Lipinski definition) is 2.